The van der Waals surface area contributed by atoms with Gasteiger partial charge >= 0.3 is 5.97 Å². The number of hydrogen-bond acceptors (Lipinski definition) is 6. The molecule has 0 aliphatic carbocycles. The zero-order chi connectivity index (χ0) is 14.0. The van der Waals surface area contributed by atoms with Crippen molar-refractivity contribution < 1.29 is 14.5 Å². The molecule has 1 aliphatic heterocycles. The predicted molar refractivity (Wildman–Crippen MR) is 72.1 cm³/mol. The van der Waals surface area contributed by atoms with Crippen LogP contribution < -0.4 is 4.90 Å². The molecule has 0 bridgehead atoms. The number of nitro benzene ring substituents is 1. The number of esters is 1. The molecular formula is C12H12N2O4S. The second kappa shape index (κ2) is 5.31. The maximum atomic E-state index is 11.6. The van der Waals surface area contributed by atoms with E-state index >= 15 is 0 Å². The van der Waals surface area contributed by atoms with Gasteiger partial charge in [-0.3, -0.25) is 10.1 Å². The maximum absolute atomic E-state index is 11.6. The lowest BCUT2D eigenvalue weighted by Crippen LogP contribution is -2.21. The highest BCUT2D eigenvalue weighted by Gasteiger charge is 2.24. The minimum Gasteiger partial charge on any atom is -0.465 e. The highest BCUT2D eigenvalue weighted by atomic mass is 32.2. The predicted octanol–water partition coefficient (Wildman–Crippen LogP) is 2.54. The Kier molecular flexibility index (Phi) is 3.75. The third-order valence-electron chi connectivity index (χ3n) is 2.68. The average molecular weight is 280 g/mol. The van der Waals surface area contributed by atoms with Crippen molar-refractivity contribution in [3.05, 3.63) is 39.4 Å². The number of benzene rings is 1. The van der Waals surface area contributed by atoms with E-state index in [1.807, 2.05) is 11.8 Å². The van der Waals surface area contributed by atoms with Gasteiger partial charge in [-0.25, -0.2) is 4.79 Å². The first-order valence-electron chi connectivity index (χ1n) is 5.60. The normalized spacial score (nSPS) is 13.6. The zero-order valence-corrected chi connectivity index (χ0v) is 11.3. The van der Waals surface area contributed by atoms with Gasteiger partial charge in [-0.15, -0.1) is 0 Å². The van der Waals surface area contributed by atoms with E-state index in [2.05, 4.69) is 4.74 Å². The number of fused-ring (bicyclic) bond motifs is 1. The first kappa shape index (κ1) is 13.4. The number of anilines is 1. The summed E-state index contributed by atoms with van der Waals surface area (Å²) in [6.45, 7) is 2.60. The summed E-state index contributed by atoms with van der Waals surface area (Å²) < 4.78 is 4.69. The molecule has 0 unspecified atom stereocenters. The Morgan fingerprint density at radius 3 is 2.84 bits per heavy atom. The van der Waals surface area contributed by atoms with Crippen LogP contribution in [0.1, 0.15) is 6.92 Å². The lowest BCUT2D eigenvalue weighted by Gasteiger charge is -2.26. The van der Waals surface area contributed by atoms with Crippen LogP contribution in [-0.4, -0.2) is 24.5 Å². The van der Waals surface area contributed by atoms with Crippen molar-refractivity contribution in [1.82, 2.24) is 0 Å². The largest absolute Gasteiger partial charge is 0.465 e. The highest BCUT2D eigenvalue weighted by Crippen LogP contribution is 2.41. The van der Waals surface area contributed by atoms with Gasteiger partial charge in [-0.1, -0.05) is 11.8 Å². The average Bonchev–Trinajstić information content (AvgIpc) is 2.44. The highest BCUT2D eigenvalue weighted by molar-refractivity contribution is 8.04. The Labute approximate surface area is 114 Å². The molecule has 7 heteroatoms. The van der Waals surface area contributed by atoms with Crippen LogP contribution >= 0.6 is 11.8 Å². The van der Waals surface area contributed by atoms with Gasteiger partial charge in [-0.05, 0) is 13.0 Å². The molecule has 100 valence electrons. The van der Waals surface area contributed by atoms with E-state index in [1.54, 1.807) is 12.3 Å². The third-order valence-corrected chi connectivity index (χ3v) is 3.72. The second-order valence-electron chi connectivity index (χ2n) is 3.78. The van der Waals surface area contributed by atoms with Crippen LogP contribution in [0.3, 0.4) is 0 Å². The SMILES string of the molecule is CCN1C=C(C(=O)OC)Sc2cc([N+](=O)[O-])ccc21. The van der Waals surface area contributed by atoms with E-state index in [0.717, 1.165) is 5.69 Å². The zero-order valence-electron chi connectivity index (χ0n) is 10.5. The molecule has 0 fully saturated rings. The number of ether oxygens (including phenoxy) is 1. The Morgan fingerprint density at radius 1 is 1.53 bits per heavy atom. The summed E-state index contributed by atoms with van der Waals surface area (Å²) in [6.07, 6.45) is 1.70. The topological polar surface area (TPSA) is 72.7 Å². The first-order valence-corrected chi connectivity index (χ1v) is 6.41. The van der Waals surface area contributed by atoms with Crippen LogP contribution in [0.25, 0.3) is 0 Å². The Bertz CT molecular complexity index is 571. The number of carbonyl (C=O) groups excluding carboxylic acids is 1. The number of nitrogens with zero attached hydrogens (tertiary/aromatic N) is 2. The Morgan fingerprint density at radius 2 is 2.26 bits per heavy atom. The van der Waals surface area contributed by atoms with E-state index in [9.17, 15) is 14.9 Å². The molecule has 0 radical (unpaired) electrons. The summed E-state index contributed by atoms with van der Waals surface area (Å²) in [7, 11) is 1.31. The van der Waals surface area contributed by atoms with Crippen LogP contribution in [0, 0.1) is 10.1 Å². The molecule has 1 aromatic carbocycles. The maximum Gasteiger partial charge on any atom is 0.346 e. The van der Waals surface area contributed by atoms with Crippen LogP contribution in [0.4, 0.5) is 11.4 Å². The summed E-state index contributed by atoms with van der Waals surface area (Å²) in [4.78, 5) is 24.9. The van der Waals surface area contributed by atoms with E-state index in [-0.39, 0.29) is 5.69 Å². The minimum atomic E-state index is -0.451. The van der Waals surface area contributed by atoms with Gasteiger partial charge in [0.1, 0.15) is 4.91 Å². The van der Waals surface area contributed by atoms with Crippen molar-refractivity contribution in [3.8, 4) is 0 Å². The molecule has 0 saturated carbocycles. The molecule has 0 amide bonds. The number of methoxy groups -OCH3 is 1. The molecule has 6 nitrogen and oxygen atoms in total. The minimum absolute atomic E-state index is 0.00780. The molecule has 0 saturated heterocycles. The molecule has 1 heterocycles. The molecular weight excluding hydrogens is 268 g/mol. The Hall–Kier alpha value is -2.02. The van der Waals surface area contributed by atoms with Crippen LogP contribution in [0.15, 0.2) is 34.2 Å². The number of thioether (sulfide) groups is 1. The van der Waals surface area contributed by atoms with E-state index in [0.29, 0.717) is 16.3 Å². The van der Waals surface area contributed by atoms with E-state index < -0.39 is 10.9 Å². The molecule has 1 aliphatic rings. The molecule has 1 aromatic rings. The van der Waals surface area contributed by atoms with Gasteiger partial charge in [0.25, 0.3) is 5.69 Å². The van der Waals surface area contributed by atoms with E-state index in [4.69, 9.17) is 0 Å². The number of non-ortho nitro benzene ring substituents is 1. The van der Waals surface area contributed by atoms with Crippen molar-refractivity contribution in [2.75, 3.05) is 18.6 Å². The smallest absolute Gasteiger partial charge is 0.346 e. The van der Waals surface area contributed by atoms with Crippen molar-refractivity contribution in [2.45, 2.75) is 11.8 Å². The van der Waals surface area contributed by atoms with Crippen LogP contribution in [-0.2, 0) is 9.53 Å². The van der Waals surface area contributed by atoms with Crippen molar-refractivity contribution in [3.63, 3.8) is 0 Å². The number of carbonyl (C=O) groups is 1. The van der Waals surface area contributed by atoms with Crippen molar-refractivity contribution in [2.24, 2.45) is 0 Å². The lowest BCUT2D eigenvalue weighted by atomic mass is 10.2. The van der Waals surface area contributed by atoms with Crippen LogP contribution in [0.5, 0.6) is 0 Å². The fourth-order valence-electron chi connectivity index (χ4n) is 1.75. The second-order valence-corrected chi connectivity index (χ2v) is 4.87. The third kappa shape index (κ3) is 2.55. The first-order chi connectivity index (χ1) is 9.06. The monoisotopic (exact) mass is 280 g/mol. The molecule has 0 atom stereocenters. The molecule has 0 N–H and O–H groups in total. The fraction of sp³-hybridized carbons (Fsp3) is 0.250. The standard InChI is InChI=1S/C12H12N2O4S/c1-3-13-7-11(12(15)18-2)19-10-6-8(14(16)17)4-5-9(10)13/h4-7H,3H2,1-2H3. The summed E-state index contributed by atoms with van der Waals surface area (Å²) >= 11 is 1.18. The van der Waals surface area contributed by atoms with Gasteiger partial charge in [0.2, 0.25) is 0 Å². The van der Waals surface area contributed by atoms with Gasteiger partial charge in [-0.2, -0.15) is 0 Å². The van der Waals surface area contributed by atoms with Gasteiger partial charge in [0.05, 0.1) is 17.7 Å². The number of hydrogen-bond donors (Lipinski definition) is 0. The van der Waals surface area contributed by atoms with Crippen LogP contribution in [0.2, 0.25) is 0 Å². The molecule has 19 heavy (non-hydrogen) atoms. The summed E-state index contributed by atoms with van der Waals surface area (Å²) in [5.74, 6) is -0.444. The molecule has 2 rings (SSSR count). The van der Waals surface area contributed by atoms with Gasteiger partial charge < -0.3 is 9.64 Å². The summed E-state index contributed by atoms with van der Waals surface area (Å²) in [5.41, 5.74) is 0.860. The van der Waals surface area contributed by atoms with E-state index in [1.165, 1.54) is 31.0 Å². The Balaban J connectivity index is 2.44. The van der Waals surface area contributed by atoms with Gasteiger partial charge in [0, 0.05) is 29.8 Å². The van der Waals surface area contributed by atoms with Crippen molar-refractivity contribution >= 4 is 29.1 Å². The summed E-state index contributed by atoms with van der Waals surface area (Å²) in [6, 6.07) is 4.62. The lowest BCUT2D eigenvalue weighted by molar-refractivity contribution is -0.385. The number of rotatable bonds is 3. The van der Waals surface area contributed by atoms with Gasteiger partial charge in [0.15, 0.2) is 0 Å². The quantitative estimate of drug-likeness (QED) is 0.481. The molecule has 0 aromatic heterocycles. The summed E-state index contributed by atoms with van der Waals surface area (Å²) in [5, 5.41) is 10.8. The molecule has 0 spiro atoms. The number of nitro groups is 1. The fourth-order valence-corrected chi connectivity index (χ4v) is 2.80. The van der Waals surface area contributed by atoms with Crippen molar-refractivity contribution in [1.29, 1.82) is 0 Å².